The summed E-state index contributed by atoms with van der Waals surface area (Å²) in [7, 11) is 0. The van der Waals surface area contributed by atoms with Crippen LogP contribution < -0.4 is 10.2 Å². The number of amides is 1. The molecule has 3 rings (SSSR count). The maximum Gasteiger partial charge on any atom is 0.416 e. The second-order valence-electron chi connectivity index (χ2n) is 6.72. The SMILES string of the molecule is CC1CCN(c2ccnc(C(=O)Nc3cc(C(F)(F)F)ccc3Cl)c2)CC1. The number of pyridine rings is 1. The molecule has 4 nitrogen and oxygen atoms in total. The quantitative estimate of drug-likeness (QED) is 0.770. The van der Waals surface area contributed by atoms with Crippen molar-refractivity contribution >= 4 is 28.9 Å². The molecule has 0 atom stereocenters. The molecule has 8 heteroatoms. The highest BCUT2D eigenvalue weighted by Crippen LogP contribution is 2.34. The average molecular weight is 398 g/mol. The number of halogens is 4. The number of benzene rings is 1. The molecule has 1 fully saturated rings. The Labute approximate surface area is 160 Å². The summed E-state index contributed by atoms with van der Waals surface area (Å²) < 4.78 is 38.6. The summed E-state index contributed by atoms with van der Waals surface area (Å²) in [6.07, 6.45) is -0.850. The molecule has 144 valence electrons. The highest BCUT2D eigenvalue weighted by atomic mass is 35.5. The molecular formula is C19H19ClF3N3O. The maximum absolute atomic E-state index is 12.9. The number of carbonyl (C=O) groups excluding carboxylic acids is 1. The van der Waals surface area contributed by atoms with Crippen LogP contribution in [0.1, 0.15) is 35.8 Å². The number of rotatable bonds is 3. The van der Waals surface area contributed by atoms with Crippen molar-refractivity contribution < 1.29 is 18.0 Å². The van der Waals surface area contributed by atoms with Gasteiger partial charge in [0, 0.05) is 25.0 Å². The predicted molar refractivity (Wildman–Crippen MR) is 99.3 cm³/mol. The van der Waals surface area contributed by atoms with Crippen LogP contribution >= 0.6 is 11.6 Å². The van der Waals surface area contributed by atoms with Gasteiger partial charge in [0.05, 0.1) is 16.3 Å². The lowest BCUT2D eigenvalue weighted by atomic mass is 9.99. The van der Waals surface area contributed by atoms with E-state index in [1.54, 1.807) is 6.07 Å². The van der Waals surface area contributed by atoms with E-state index in [4.69, 9.17) is 11.6 Å². The number of nitrogens with one attached hydrogen (secondary N) is 1. The first-order chi connectivity index (χ1) is 12.7. The molecule has 1 aliphatic rings. The number of carbonyl (C=O) groups is 1. The molecule has 1 N–H and O–H groups in total. The van der Waals surface area contributed by atoms with Gasteiger partial charge in [0.1, 0.15) is 5.69 Å². The Bertz CT molecular complexity index is 833. The van der Waals surface area contributed by atoms with Crippen LogP contribution in [0.5, 0.6) is 0 Å². The molecule has 0 saturated carbocycles. The van der Waals surface area contributed by atoms with Gasteiger partial charge in [-0.15, -0.1) is 0 Å². The first-order valence-corrected chi connectivity index (χ1v) is 9.01. The third-order valence-electron chi connectivity index (χ3n) is 4.67. The summed E-state index contributed by atoms with van der Waals surface area (Å²) in [5, 5.41) is 2.45. The van der Waals surface area contributed by atoms with Gasteiger partial charge in [0.15, 0.2) is 0 Å². The Hall–Kier alpha value is -2.28. The van der Waals surface area contributed by atoms with Crippen LogP contribution in [-0.2, 0) is 6.18 Å². The number of aromatic nitrogens is 1. The minimum atomic E-state index is -4.52. The highest BCUT2D eigenvalue weighted by Gasteiger charge is 2.31. The van der Waals surface area contributed by atoms with Crippen molar-refractivity contribution in [1.29, 1.82) is 0 Å². The summed E-state index contributed by atoms with van der Waals surface area (Å²) in [4.78, 5) is 18.7. The van der Waals surface area contributed by atoms with Crippen molar-refractivity contribution in [2.24, 2.45) is 5.92 Å². The van der Waals surface area contributed by atoms with Gasteiger partial charge in [-0.2, -0.15) is 13.2 Å². The molecule has 0 spiro atoms. The van der Waals surface area contributed by atoms with E-state index in [1.807, 2.05) is 6.07 Å². The van der Waals surface area contributed by atoms with Crippen molar-refractivity contribution in [3.63, 3.8) is 0 Å². The summed E-state index contributed by atoms with van der Waals surface area (Å²) in [6.45, 7) is 4.00. The number of nitrogens with zero attached hydrogens (tertiary/aromatic N) is 2. The average Bonchev–Trinajstić information content (AvgIpc) is 2.63. The van der Waals surface area contributed by atoms with E-state index in [-0.39, 0.29) is 16.4 Å². The molecule has 2 heterocycles. The lowest BCUT2D eigenvalue weighted by molar-refractivity contribution is -0.137. The number of alkyl halides is 3. The lowest BCUT2D eigenvalue weighted by Gasteiger charge is -2.32. The van der Waals surface area contributed by atoms with Crippen molar-refractivity contribution in [2.75, 3.05) is 23.3 Å². The predicted octanol–water partition coefficient (Wildman–Crippen LogP) is 5.24. The summed E-state index contributed by atoms with van der Waals surface area (Å²) in [5.74, 6) is 0.0670. The van der Waals surface area contributed by atoms with E-state index in [0.29, 0.717) is 5.92 Å². The zero-order valence-electron chi connectivity index (χ0n) is 14.7. The number of hydrogen-bond donors (Lipinski definition) is 1. The third kappa shape index (κ3) is 4.71. The summed E-state index contributed by atoms with van der Waals surface area (Å²) >= 11 is 5.93. The van der Waals surface area contributed by atoms with Crippen LogP contribution in [0.15, 0.2) is 36.5 Å². The second-order valence-corrected chi connectivity index (χ2v) is 7.12. The molecule has 0 radical (unpaired) electrons. The monoisotopic (exact) mass is 397 g/mol. The van der Waals surface area contributed by atoms with Gasteiger partial charge in [0.2, 0.25) is 0 Å². The molecule has 0 aliphatic carbocycles. The van der Waals surface area contributed by atoms with E-state index >= 15 is 0 Å². The molecule has 2 aromatic rings. The molecule has 1 aromatic carbocycles. The Morgan fingerprint density at radius 3 is 2.59 bits per heavy atom. The van der Waals surface area contributed by atoms with Crippen LogP contribution in [-0.4, -0.2) is 24.0 Å². The summed E-state index contributed by atoms with van der Waals surface area (Å²) in [6, 6.07) is 6.26. The minimum absolute atomic E-state index is 0.0255. The van der Waals surface area contributed by atoms with E-state index in [0.717, 1.165) is 49.8 Å². The topological polar surface area (TPSA) is 45.2 Å². The largest absolute Gasteiger partial charge is 0.416 e. The van der Waals surface area contributed by atoms with Crippen LogP contribution in [0.2, 0.25) is 5.02 Å². The van der Waals surface area contributed by atoms with Crippen LogP contribution in [0.25, 0.3) is 0 Å². The normalized spacial score (nSPS) is 15.7. The molecule has 27 heavy (non-hydrogen) atoms. The molecule has 1 aliphatic heterocycles. The standard InChI is InChI=1S/C19H19ClF3N3O/c1-12-5-8-26(9-6-12)14-4-7-24-17(11-14)18(27)25-16-10-13(19(21,22)23)2-3-15(16)20/h2-4,7,10-12H,5-6,8-9H2,1H3,(H,25,27). The van der Waals surface area contributed by atoms with Gasteiger partial charge >= 0.3 is 6.18 Å². The number of anilines is 2. The fourth-order valence-corrected chi connectivity index (χ4v) is 3.16. The molecule has 1 saturated heterocycles. The molecule has 1 aromatic heterocycles. The van der Waals surface area contributed by atoms with Gasteiger partial charge in [0.25, 0.3) is 5.91 Å². The van der Waals surface area contributed by atoms with Crippen molar-refractivity contribution in [1.82, 2.24) is 4.98 Å². The Balaban J connectivity index is 1.78. The number of piperidine rings is 1. The first-order valence-electron chi connectivity index (χ1n) is 8.63. The van der Waals surface area contributed by atoms with Crippen LogP contribution in [0, 0.1) is 5.92 Å². The highest BCUT2D eigenvalue weighted by molar-refractivity contribution is 6.33. The lowest BCUT2D eigenvalue weighted by Crippen LogP contribution is -2.33. The Morgan fingerprint density at radius 1 is 1.22 bits per heavy atom. The Morgan fingerprint density at radius 2 is 1.93 bits per heavy atom. The molecule has 0 unspecified atom stereocenters. The molecular weight excluding hydrogens is 379 g/mol. The number of hydrogen-bond acceptors (Lipinski definition) is 3. The van der Waals surface area contributed by atoms with Crippen molar-refractivity contribution in [3.05, 3.63) is 52.8 Å². The van der Waals surface area contributed by atoms with Crippen molar-refractivity contribution in [2.45, 2.75) is 25.9 Å². The Kier molecular flexibility index (Phi) is 5.60. The smallest absolute Gasteiger partial charge is 0.371 e. The van der Waals surface area contributed by atoms with Gasteiger partial charge in [-0.25, -0.2) is 0 Å². The van der Waals surface area contributed by atoms with E-state index < -0.39 is 17.6 Å². The van der Waals surface area contributed by atoms with Gasteiger partial charge in [-0.3, -0.25) is 9.78 Å². The van der Waals surface area contributed by atoms with Crippen molar-refractivity contribution in [3.8, 4) is 0 Å². The second kappa shape index (κ2) is 7.76. The van der Waals surface area contributed by atoms with E-state index in [1.165, 1.54) is 6.20 Å². The van der Waals surface area contributed by atoms with Crippen LogP contribution in [0.4, 0.5) is 24.5 Å². The third-order valence-corrected chi connectivity index (χ3v) is 5.00. The molecule has 1 amide bonds. The maximum atomic E-state index is 12.9. The van der Waals surface area contributed by atoms with Gasteiger partial charge in [-0.05, 0) is 49.1 Å². The van der Waals surface area contributed by atoms with E-state index in [9.17, 15) is 18.0 Å². The zero-order valence-corrected chi connectivity index (χ0v) is 15.4. The minimum Gasteiger partial charge on any atom is -0.371 e. The zero-order chi connectivity index (χ0) is 19.6. The fourth-order valence-electron chi connectivity index (χ4n) is 2.99. The summed E-state index contributed by atoms with van der Waals surface area (Å²) in [5.41, 5.74) is 0.0126. The fraction of sp³-hybridized carbons (Fsp3) is 0.368. The first kappa shape index (κ1) is 19.5. The van der Waals surface area contributed by atoms with Gasteiger partial charge < -0.3 is 10.2 Å². The van der Waals surface area contributed by atoms with E-state index in [2.05, 4.69) is 22.1 Å². The molecule has 0 bridgehead atoms. The van der Waals surface area contributed by atoms with Crippen LogP contribution in [0.3, 0.4) is 0 Å². The van der Waals surface area contributed by atoms with Gasteiger partial charge in [-0.1, -0.05) is 18.5 Å².